The minimum atomic E-state index is -2.66. The van der Waals surface area contributed by atoms with Crippen LogP contribution in [0.15, 0.2) is 6.07 Å². The van der Waals surface area contributed by atoms with Gasteiger partial charge in [0, 0.05) is 63.6 Å². The second kappa shape index (κ2) is 11.9. The largest absolute Gasteiger partial charge is 0.442 e. The first kappa shape index (κ1) is 30.7. The fraction of sp³-hybridized carbons (Fsp3) is 0.788. The summed E-state index contributed by atoms with van der Waals surface area (Å²) in [7, 11) is 0. The van der Waals surface area contributed by atoms with Gasteiger partial charge in [-0.15, -0.1) is 0 Å². The molecule has 10 heteroatoms. The molecule has 2 amide bonds. The van der Waals surface area contributed by atoms with E-state index in [1.807, 2.05) is 9.80 Å². The van der Waals surface area contributed by atoms with Gasteiger partial charge >= 0.3 is 6.09 Å². The zero-order valence-corrected chi connectivity index (χ0v) is 26.2. The Bertz CT molecular complexity index is 1180. The number of rotatable bonds is 8. The van der Waals surface area contributed by atoms with Crippen molar-refractivity contribution in [3.05, 3.63) is 28.6 Å². The van der Waals surface area contributed by atoms with E-state index in [0.29, 0.717) is 53.6 Å². The van der Waals surface area contributed by atoms with Gasteiger partial charge in [0.2, 0.25) is 0 Å². The summed E-state index contributed by atoms with van der Waals surface area (Å²) in [6.07, 6.45) is 3.95. The molecule has 1 aromatic heterocycles. The number of halogens is 2. The van der Waals surface area contributed by atoms with Crippen LogP contribution in [-0.2, 0) is 9.47 Å². The van der Waals surface area contributed by atoms with Gasteiger partial charge in [-0.05, 0) is 69.4 Å². The van der Waals surface area contributed by atoms with E-state index in [0.717, 1.165) is 84.3 Å². The fourth-order valence-electron chi connectivity index (χ4n) is 8.56. The number of unbranched alkanes of at least 4 members (excludes halogenated alkanes) is 1. The van der Waals surface area contributed by atoms with Gasteiger partial charge in [-0.25, -0.2) is 13.6 Å². The van der Waals surface area contributed by atoms with Crippen LogP contribution in [-0.4, -0.2) is 95.3 Å². The maximum atomic E-state index is 13.4. The Hall–Kier alpha value is -2.33. The summed E-state index contributed by atoms with van der Waals surface area (Å²) >= 11 is 0. The number of likely N-dealkylation sites (tertiary alicyclic amines) is 2. The molecule has 1 aromatic rings. The second-order valence-corrected chi connectivity index (χ2v) is 14.1. The van der Waals surface area contributed by atoms with Crippen LogP contribution in [0.25, 0.3) is 0 Å². The van der Waals surface area contributed by atoms with Crippen molar-refractivity contribution in [3.63, 3.8) is 0 Å². The summed E-state index contributed by atoms with van der Waals surface area (Å²) in [6, 6.07) is 1.33. The van der Waals surface area contributed by atoms with E-state index in [4.69, 9.17) is 9.47 Å². The quantitative estimate of drug-likeness (QED) is 0.385. The molecule has 4 aliphatic heterocycles. The van der Waals surface area contributed by atoms with Crippen molar-refractivity contribution in [3.8, 4) is 0 Å². The number of hydrogen-bond acceptors (Lipinski definition) is 6. The molecule has 6 rings (SSSR count). The molecule has 0 N–H and O–H groups in total. The number of ether oxygens (including phenoxy) is 2. The molecule has 5 heterocycles. The zero-order chi connectivity index (χ0) is 30.5. The van der Waals surface area contributed by atoms with Crippen molar-refractivity contribution in [1.29, 1.82) is 0 Å². The fourth-order valence-corrected chi connectivity index (χ4v) is 8.56. The number of aromatic nitrogens is 1. The number of alkyl halides is 2. The summed E-state index contributed by atoms with van der Waals surface area (Å²) in [5.74, 6) is 2.05. The summed E-state index contributed by atoms with van der Waals surface area (Å²) in [4.78, 5) is 37.2. The number of hydrogen-bond donors (Lipinski definition) is 0. The maximum absolute atomic E-state index is 13.4. The molecule has 1 spiro atoms. The Morgan fingerprint density at radius 2 is 1.77 bits per heavy atom. The molecule has 1 saturated carbocycles. The molecule has 0 aromatic carbocycles. The Balaban J connectivity index is 1.06. The minimum absolute atomic E-state index is 0.0459. The third-order valence-electron chi connectivity index (χ3n) is 11.6. The molecule has 5 fully saturated rings. The van der Waals surface area contributed by atoms with Crippen LogP contribution in [0.3, 0.4) is 0 Å². The van der Waals surface area contributed by atoms with Crippen LogP contribution >= 0.6 is 0 Å². The van der Waals surface area contributed by atoms with E-state index in [-0.39, 0.29) is 28.8 Å². The number of carbonyl (C=O) groups excluding carboxylic acids is 2. The number of pyridine rings is 1. The predicted octanol–water partition coefficient (Wildman–Crippen LogP) is 5.62. The van der Waals surface area contributed by atoms with Crippen molar-refractivity contribution < 1.29 is 27.8 Å². The third kappa shape index (κ3) is 5.78. The molecule has 43 heavy (non-hydrogen) atoms. The van der Waals surface area contributed by atoms with Gasteiger partial charge in [0.1, 0.15) is 11.3 Å². The summed E-state index contributed by atoms with van der Waals surface area (Å²) in [5, 5.41) is 0. The normalized spacial score (nSPS) is 30.1. The molecule has 238 valence electrons. The van der Waals surface area contributed by atoms with Crippen LogP contribution in [0.1, 0.15) is 92.5 Å². The lowest BCUT2D eigenvalue weighted by Gasteiger charge is -2.55. The van der Waals surface area contributed by atoms with Gasteiger partial charge in [0.05, 0.1) is 24.5 Å². The Morgan fingerprint density at radius 1 is 1.09 bits per heavy atom. The standard InChI is InChI=1S/C33H48F2N4O4/c1-5-6-7-23-17-38(18-24-25-19-42-20-26(24)25)31(41)43-33(23)10-14-39(15-11-33)32(4)8-12-37(13-9-32)30(40)28-21(2)16-27(29(34)35)36-22(28)3/h16,23-26,29H,5-15,17-20H2,1-4H3/t23-,24?,25-,26+/m0/s1. The molecule has 1 unspecified atom stereocenters. The van der Waals surface area contributed by atoms with Crippen LogP contribution < -0.4 is 0 Å². The van der Waals surface area contributed by atoms with Gasteiger partial charge < -0.3 is 19.3 Å². The van der Waals surface area contributed by atoms with Crippen molar-refractivity contribution in [2.45, 2.75) is 90.2 Å². The number of amides is 2. The SMILES string of the molecule is CCCC[C@H]1CN(CC2[C@H]3COC[C@@H]23)C(=O)OC12CCN(C1(C)CCN(C(=O)c3c(C)cc(C(F)F)nc3C)CC1)CC2. The first-order valence-corrected chi connectivity index (χ1v) is 16.4. The molecule has 8 nitrogen and oxygen atoms in total. The lowest BCUT2D eigenvalue weighted by Crippen LogP contribution is -2.63. The minimum Gasteiger partial charge on any atom is -0.442 e. The molecule has 4 atom stereocenters. The molecule has 5 aliphatic rings. The van der Waals surface area contributed by atoms with E-state index in [9.17, 15) is 18.4 Å². The molecular weight excluding hydrogens is 554 g/mol. The first-order valence-electron chi connectivity index (χ1n) is 16.4. The maximum Gasteiger partial charge on any atom is 0.410 e. The molecule has 1 aliphatic carbocycles. The smallest absolute Gasteiger partial charge is 0.410 e. The highest BCUT2D eigenvalue weighted by atomic mass is 19.3. The summed E-state index contributed by atoms with van der Waals surface area (Å²) in [6.45, 7) is 14.1. The lowest BCUT2D eigenvalue weighted by molar-refractivity contribution is -0.133. The summed E-state index contributed by atoms with van der Waals surface area (Å²) < 4.78 is 38.4. The van der Waals surface area contributed by atoms with E-state index in [2.05, 4.69) is 23.7 Å². The van der Waals surface area contributed by atoms with E-state index < -0.39 is 6.43 Å². The average molecular weight is 603 g/mol. The van der Waals surface area contributed by atoms with E-state index >= 15 is 0 Å². The molecule has 4 saturated heterocycles. The monoisotopic (exact) mass is 602 g/mol. The van der Waals surface area contributed by atoms with Crippen molar-refractivity contribution in [1.82, 2.24) is 19.7 Å². The lowest BCUT2D eigenvalue weighted by atomic mass is 9.74. The Kier molecular flexibility index (Phi) is 8.48. The van der Waals surface area contributed by atoms with Crippen molar-refractivity contribution >= 4 is 12.0 Å². The van der Waals surface area contributed by atoms with Gasteiger partial charge in [0.25, 0.3) is 12.3 Å². The Morgan fingerprint density at radius 3 is 2.37 bits per heavy atom. The van der Waals surface area contributed by atoms with Crippen LogP contribution in [0, 0.1) is 37.5 Å². The highest BCUT2D eigenvalue weighted by molar-refractivity contribution is 5.96. The Labute approximate surface area is 254 Å². The van der Waals surface area contributed by atoms with E-state index in [1.54, 1.807) is 13.8 Å². The van der Waals surface area contributed by atoms with Crippen LogP contribution in [0.4, 0.5) is 13.6 Å². The third-order valence-corrected chi connectivity index (χ3v) is 11.6. The summed E-state index contributed by atoms with van der Waals surface area (Å²) in [5.41, 5.74) is 0.639. The second-order valence-electron chi connectivity index (χ2n) is 14.1. The highest BCUT2D eigenvalue weighted by Gasteiger charge is 2.57. The van der Waals surface area contributed by atoms with Crippen LogP contribution in [0.2, 0.25) is 0 Å². The number of fused-ring (bicyclic) bond motifs is 1. The molecular formula is C33H48F2N4O4. The number of aryl methyl sites for hydroxylation is 2. The van der Waals surface area contributed by atoms with Crippen molar-refractivity contribution in [2.24, 2.45) is 23.7 Å². The number of nitrogens with zero attached hydrogens (tertiary/aromatic N) is 4. The average Bonchev–Trinajstić information content (AvgIpc) is 3.37. The van der Waals surface area contributed by atoms with Gasteiger partial charge in [-0.3, -0.25) is 14.7 Å². The highest BCUT2D eigenvalue weighted by Crippen LogP contribution is 2.52. The molecule has 0 bridgehead atoms. The topological polar surface area (TPSA) is 75.2 Å². The predicted molar refractivity (Wildman–Crippen MR) is 158 cm³/mol. The van der Waals surface area contributed by atoms with Gasteiger partial charge in [-0.2, -0.15) is 0 Å². The zero-order valence-electron chi connectivity index (χ0n) is 26.2. The van der Waals surface area contributed by atoms with Gasteiger partial charge in [0.15, 0.2) is 0 Å². The van der Waals surface area contributed by atoms with Crippen molar-refractivity contribution in [2.75, 3.05) is 52.5 Å². The molecule has 0 radical (unpaired) electrons. The van der Waals surface area contributed by atoms with Crippen LogP contribution in [0.5, 0.6) is 0 Å². The number of piperidine rings is 2. The first-order chi connectivity index (χ1) is 20.5. The van der Waals surface area contributed by atoms with E-state index in [1.165, 1.54) is 6.07 Å². The number of carbonyl (C=O) groups is 2. The van der Waals surface area contributed by atoms with Gasteiger partial charge in [-0.1, -0.05) is 19.8 Å².